The Morgan fingerprint density at radius 3 is 2.78 bits per heavy atom. The fourth-order valence-electron chi connectivity index (χ4n) is 3.18. The summed E-state index contributed by atoms with van der Waals surface area (Å²) < 4.78 is 12.4. The number of fused-ring (bicyclic) bond motifs is 1. The minimum absolute atomic E-state index is 0.00233. The molecule has 0 aliphatic heterocycles. The van der Waals surface area contributed by atoms with E-state index in [-0.39, 0.29) is 29.7 Å². The van der Waals surface area contributed by atoms with E-state index >= 15 is 0 Å². The third-order valence-corrected chi connectivity index (χ3v) is 5.09. The van der Waals surface area contributed by atoms with Gasteiger partial charge in [-0.15, -0.1) is 0 Å². The number of aliphatic hydroxyl groups excluding tert-OH is 1. The Kier molecular flexibility index (Phi) is 6.17. The van der Waals surface area contributed by atoms with Gasteiger partial charge in [0.25, 0.3) is 5.91 Å². The molecule has 4 rings (SSSR count). The summed E-state index contributed by atoms with van der Waals surface area (Å²) in [4.78, 5) is 25.5. The van der Waals surface area contributed by atoms with Crippen LogP contribution in [0.15, 0.2) is 68.6 Å². The zero-order valence-electron chi connectivity index (χ0n) is 17.1. The van der Waals surface area contributed by atoms with Crippen LogP contribution in [0.3, 0.4) is 0 Å². The van der Waals surface area contributed by atoms with E-state index in [9.17, 15) is 14.7 Å². The number of aromatic nitrogens is 1. The van der Waals surface area contributed by atoms with Crippen molar-refractivity contribution in [3.8, 4) is 11.8 Å². The van der Waals surface area contributed by atoms with E-state index in [0.29, 0.717) is 16.5 Å². The number of furan rings is 2. The number of carbonyl (C=O) groups is 1. The third-order valence-electron chi connectivity index (χ3n) is 4.83. The van der Waals surface area contributed by atoms with Crippen LogP contribution in [0, 0.1) is 11.8 Å². The van der Waals surface area contributed by atoms with Crippen LogP contribution >= 0.6 is 11.6 Å². The molecule has 0 fully saturated rings. The normalized spacial score (nSPS) is 11.7. The summed E-state index contributed by atoms with van der Waals surface area (Å²) in [6, 6.07) is 11.9. The van der Waals surface area contributed by atoms with Gasteiger partial charge in [0, 0.05) is 37.3 Å². The van der Waals surface area contributed by atoms with E-state index in [2.05, 4.69) is 17.2 Å². The molecule has 1 atom stereocenters. The molecule has 0 aliphatic carbocycles. The first kappa shape index (κ1) is 21.5. The quantitative estimate of drug-likeness (QED) is 0.451. The SMILES string of the molecule is Cn1cc(C(=O)NCc2ccc(Cl)cc2)c(=O)c2cc(C#CCC(O)c3ccco3)oc21. The largest absolute Gasteiger partial charge is 0.467 e. The Labute approximate surface area is 188 Å². The average Bonchev–Trinajstić information content (AvgIpc) is 3.46. The molecule has 3 aromatic heterocycles. The van der Waals surface area contributed by atoms with E-state index in [1.165, 1.54) is 18.5 Å². The van der Waals surface area contributed by atoms with Gasteiger partial charge in [-0.25, -0.2) is 0 Å². The number of pyridine rings is 1. The molecule has 0 bridgehead atoms. The minimum Gasteiger partial charge on any atom is -0.467 e. The van der Waals surface area contributed by atoms with Gasteiger partial charge in [-0.1, -0.05) is 29.7 Å². The Bertz CT molecular complexity index is 1370. The molecule has 1 aromatic carbocycles. The van der Waals surface area contributed by atoms with Crippen molar-refractivity contribution in [2.45, 2.75) is 19.1 Å². The van der Waals surface area contributed by atoms with Gasteiger partial charge in [-0.05, 0) is 35.7 Å². The van der Waals surface area contributed by atoms with E-state index in [4.69, 9.17) is 20.4 Å². The molecular formula is C24H19ClN2O5. The predicted octanol–water partition coefficient (Wildman–Crippen LogP) is 3.78. The van der Waals surface area contributed by atoms with Crippen LogP contribution < -0.4 is 10.7 Å². The summed E-state index contributed by atoms with van der Waals surface area (Å²) in [7, 11) is 1.68. The molecule has 1 amide bonds. The second-order valence-electron chi connectivity index (χ2n) is 7.16. The molecule has 0 aliphatic rings. The smallest absolute Gasteiger partial charge is 0.257 e. The maximum atomic E-state index is 12.9. The number of carbonyl (C=O) groups excluding carboxylic acids is 1. The van der Waals surface area contributed by atoms with Crippen LogP contribution in [-0.4, -0.2) is 15.6 Å². The first-order chi connectivity index (χ1) is 15.4. The van der Waals surface area contributed by atoms with Crippen LogP contribution in [0.2, 0.25) is 5.02 Å². The Morgan fingerprint density at radius 2 is 2.06 bits per heavy atom. The molecule has 162 valence electrons. The summed E-state index contributed by atoms with van der Waals surface area (Å²) in [5.41, 5.74) is 0.722. The highest BCUT2D eigenvalue weighted by atomic mass is 35.5. The molecule has 3 heterocycles. The van der Waals surface area contributed by atoms with E-state index < -0.39 is 17.4 Å². The number of aryl methyl sites for hydroxylation is 1. The van der Waals surface area contributed by atoms with Crippen molar-refractivity contribution < 1.29 is 18.7 Å². The number of halogens is 1. The van der Waals surface area contributed by atoms with E-state index in [1.807, 2.05) is 0 Å². The average molecular weight is 451 g/mol. The second kappa shape index (κ2) is 9.18. The summed E-state index contributed by atoms with van der Waals surface area (Å²) in [6.45, 7) is 0.261. The van der Waals surface area contributed by atoms with Gasteiger partial charge in [0.2, 0.25) is 11.1 Å². The zero-order chi connectivity index (χ0) is 22.7. The zero-order valence-corrected chi connectivity index (χ0v) is 17.8. The molecule has 8 heteroatoms. The topological polar surface area (TPSA) is 97.6 Å². The highest BCUT2D eigenvalue weighted by Gasteiger charge is 2.17. The Morgan fingerprint density at radius 1 is 1.28 bits per heavy atom. The van der Waals surface area contributed by atoms with Crippen LogP contribution in [-0.2, 0) is 13.6 Å². The maximum Gasteiger partial charge on any atom is 0.257 e. The third kappa shape index (κ3) is 4.62. The molecule has 7 nitrogen and oxygen atoms in total. The number of nitrogens with zero attached hydrogens (tertiary/aromatic N) is 1. The Hall–Kier alpha value is -3.73. The fraction of sp³-hybridized carbons (Fsp3) is 0.167. The van der Waals surface area contributed by atoms with Crippen LogP contribution in [0.1, 0.15) is 40.0 Å². The van der Waals surface area contributed by atoms with Crippen molar-refractivity contribution in [2.75, 3.05) is 0 Å². The van der Waals surface area contributed by atoms with Crippen molar-refractivity contribution in [2.24, 2.45) is 7.05 Å². The van der Waals surface area contributed by atoms with Gasteiger partial charge in [0.1, 0.15) is 17.4 Å². The molecule has 0 spiro atoms. The highest BCUT2D eigenvalue weighted by Crippen LogP contribution is 2.18. The number of nitrogens with one attached hydrogen (secondary N) is 1. The lowest BCUT2D eigenvalue weighted by atomic mass is 10.2. The lowest BCUT2D eigenvalue weighted by Crippen LogP contribution is -2.29. The maximum absolute atomic E-state index is 12.9. The highest BCUT2D eigenvalue weighted by molar-refractivity contribution is 6.30. The van der Waals surface area contributed by atoms with Gasteiger partial charge < -0.3 is 23.8 Å². The minimum atomic E-state index is -0.857. The predicted molar refractivity (Wildman–Crippen MR) is 119 cm³/mol. The van der Waals surface area contributed by atoms with Gasteiger partial charge in [0.15, 0.2) is 5.76 Å². The standard InChI is InChI=1S/C24H19ClN2O5/c1-27-14-19(23(30)26-13-15-7-9-16(25)10-8-15)22(29)18-12-17(32-24(18)27)4-2-5-20(28)21-6-3-11-31-21/h3,6-12,14,20,28H,5,13H2,1H3,(H,26,30). The van der Waals surface area contributed by atoms with Crippen molar-refractivity contribution >= 4 is 28.6 Å². The van der Waals surface area contributed by atoms with Crippen LogP contribution in [0.25, 0.3) is 11.1 Å². The Balaban J connectivity index is 1.52. The van der Waals surface area contributed by atoms with Crippen molar-refractivity contribution in [1.82, 2.24) is 9.88 Å². The van der Waals surface area contributed by atoms with Gasteiger partial charge in [-0.3, -0.25) is 9.59 Å². The number of amides is 1. The molecule has 0 saturated heterocycles. The molecule has 1 unspecified atom stereocenters. The number of hydrogen-bond acceptors (Lipinski definition) is 5. The van der Waals surface area contributed by atoms with Gasteiger partial charge >= 0.3 is 0 Å². The first-order valence-electron chi connectivity index (χ1n) is 9.78. The number of benzene rings is 1. The van der Waals surface area contributed by atoms with Crippen molar-refractivity contribution in [1.29, 1.82) is 0 Å². The molecule has 2 N–H and O–H groups in total. The summed E-state index contributed by atoms with van der Waals surface area (Å²) in [5, 5.41) is 13.6. The summed E-state index contributed by atoms with van der Waals surface area (Å²) >= 11 is 5.87. The lowest BCUT2D eigenvalue weighted by Gasteiger charge is -2.07. The number of aliphatic hydroxyl groups is 1. The van der Waals surface area contributed by atoms with Gasteiger partial charge in [-0.2, -0.15) is 0 Å². The van der Waals surface area contributed by atoms with Crippen molar-refractivity contribution in [3.05, 3.63) is 92.8 Å². The van der Waals surface area contributed by atoms with Gasteiger partial charge in [0.05, 0.1) is 11.6 Å². The lowest BCUT2D eigenvalue weighted by molar-refractivity contribution is 0.0949. The molecule has 32 heavy (non-hydrogen) atoms. The van der Waals surface area contributed by atoms with E-state index in [0.717, 1.165) is 5.56 Å². The number of hydrogen-bond donors (Lipinski definition) is 2. The van der Waals surface area contributed by atoms with Crippen LogP contribution in [0.4, 0.5) is 0 Å². The van der Waals surface area contributed by atoms with Crippen molar-refractivity contribution in [3.63, 3.8) is 0 Å². The first-order valence-corrected chi connectivity index (χ1v) is 10.2. The fourth-order valence-corrected chi connectivity index (χ4v) is 3.31. The van der Waals surface area contributed by atoms with Crippen LogP contribution in [0.5, 0.6) is 0 Å². The van der Waals surface area contributed by atoms with E-state index in [1.54, 1.807) is 48.0 Å². The summed E-state index contributed by atoms with van der Waals surface area (Å²) in [5.74, 6) is 5.81. The number of rotatable bonds is 5. The molecule has 0 radical (unpaired) electrons. The molecule has 0 saturated carbocycles. The molecule has 4 aromatic rings. The second-order valence-corrected chi connectivity index (χ2v) is 7.59. The summed E-state index contributed by atoms with van der Waals surface area (Å²) in [6.07, 6.45) is 2.19. The monoisotopic (exact) mass is 450 g/mol. The molecular weight excluding hydrogens is 432 g/mol.